The van der Waals surface area contributed by atoms with E-state index in [9.17, 15) is 14.0 Å². The molecule has 0 aliphatic heterocycles. The van der Waals surface area contributed by atoms with Crippen LogP contribution in [-0.4, -0.2) is 26.0 Å². The number of rotatable bonds is 7. The molecule has 0 saturated carbocycles. The zero-order valence-electron chi connectivity index (χ0n) is 16.7. The van der Waals surface area contributed by atoms with Crippen LogP contribution >= 0.6 is 11.6 Å². The molecule has 5 nitrogen and oxygen atoms in total. The summed E-state index contributed by atoms with van der Waals surface area (Å²) in [5.74, 6) is -0.861. The van der Waals surface area contributed by atoms with Crippen molar-refractivity contribution in [1.29, 1.82) is 0 Å². The van der Waals surface area contributed by atoms with E-state index in [-0.39, 0.29) is 16.9 Å². The summed E-state index contributed by atoms with van der Waals surface area (Å²) in [6.07, 6.45) is 2.80. The first-order chi connectivity index (χ1) is 14.9. The van der Waals surface area contributed by atoms with Crippen molar-refractivity contribution in [1.82, 2.24) is 0 Å². The number of halogens is 2. The van der Waals surface area contributed by atoms with E-state index in [2.05, 4.69) is 0 Å². The van der Waals surface area contributed by atoms with Gasteiger partial charge in [0.05, 0.1) is 25.3 Å². The normalized spacial score (nSPS) is 10.7. The van der Waals surface area contributed by atoms with Gasteiger partial charge in [0, 0.05) is 5.02 Å². The highest BCUT2D eigenvalue weighted by Gasteiger charge is 2.16. The molecule has 0 heterocycles. The van der Waals surface area contributed by atoms with Gasteiger partial charge in [-0.05, 0) is 66.2 Å². The minimum atomic E-state index is -0.693. The Kier molecular flexibility index (Phi) is 7.05. The maximum Gasteiger partial charge on any atom is 0.343 e. The van der Waals surface area contributed by atoms with Crippen LogP contribution in [0.1, 0.15) is 26.3 Å². The number of carbonyl (C=O) groups is 2. The van der Waals surface area contributed by atoms with E-state index in [0.717, 1.165) is 12.1 Å². The van der Waals surface area contributed by atoms with E-state index in [1.54, 1.807) is 36.4 Å². The first kappa shape index (κ1) is 22.1. The fourth-order valence-corrected chi connectivity index (χ4v) is 2.87. The molecule has 0 amide bonds. The van der Waals surface area contributed by atoms with E-state index in [1.165, 1.54) is 38.5 Å². The largest absolute Gasteiger partial charge is 0.493 e. The molecule has 31 heavy (non-hydrogen) atoms. The lowest BCUT2D eigenvalue weighted by Crippen LogP contribution is -2.11. The molecule has 0 saturated heterocycles. The maximum absolute atomic E-state index is 13.8. The van der Waals surface area contributed by atoms with Crippen LogP contribution in [-0.2, 0) is 0 Å². The van der Waals surface area contributed by atoms with E-state index in [0.29, 0.717) is 22.1 Å². The Morgan fingerprint density at radius 3 is 2.23 bits per heavy atom. The number of carbonyl (C=O) groups excluding carboxylic acids is 2. The van der Waals surface area contributed by atoms with Gasteiger partial charge in [0.2, 0.25) is 0 Å². The lowest BCUT2D eigenvalue weighted by molar-refractivity contribution is 0.0733. The summed E-state index contributed by atoms with van der Waals surface area (Å²) in [5, 5.41) is 0.467. The van der Waals surface area contributed by atoms with Crippen molar-refractivity contribution in [2.75, 3.05) is 14.2 Å². The van der Waals surface area contributed by atoms with Gasteiger partial charge >= 0.3 is 5.97 Å². The van der Waals surface area contributed by atoms with Crippen molar-refractivity contribution in [3.63, 3.8) is 0 Å². The second-order valence-corrected chi connectivity index (χ2v) is 6.79. The number of benzene rings is 3. The second kappa shape index (κ2) is 9.91. The molecule has 7 heteroatoms. The predicted octanol–water partition coefficient (Wildman–Crippen LogP) is 5.61. The molecular weight excluding hydrogens is 423 g/mol. The maximum atomic E-state index is 13.8. The van der Waals surface area contributed by atoms with Crippen LogP contribution < -0.4 is 14.2 Å². The molecule has 0 bridgehead atoms. The van der Waals surface area contributed by atoms with Crippen LogP contribution in [0, 0.1) is 5.82 Å². The van der Waals surface area contributed by atoms with Crippen molar-refractivity contribution < 1.29 is 28.2 Å². The lowest BCUT2D eigenvalue weighted by Gasteiger charge is -2.09. The Labute approximate surface area is 183 Å². The summed E-state index contributed by atoms with van der Waals surface area (Å²) in [4.78, 5) is 25.1. The Bertz CT molecular complexity index is 1140. The van der Waals surface area contributed by atoms with Crippen LogP contribution in [0.25, 0.3) is 6.08 Å². The van der Waals surface area contributed by atoms with Crippen LogP contribution in [0.2, 0.25) is 5.02 Å². The molecular formula is C24H18ClFO5. The van der Waals surface area contributed by atoms with Crippen molar-refractivity contribution in [2.24, 2.45) is 0 Å². The third-order valence-corrected chi connectivity index (χ3v) is 4.58. The van der Waals surface area contributed by atoms with Gasteiger partial charge in [-0.15, -0.1) is 0 Å². The summed E-state index contributed by atoms with van der Waals surface area (Å²) < 4.78 is 29.5. The third kappa shape index (κ3) is 5.49. The summed E-state index contributed by atoms with van der Waals surface area (Å²) >= 11 is 5.82. The summed E-state index contributed by atoms with van der Waals surface area (Å²) in [5.41, 5.74) is 0.828. The minimum absolute atomic E-state index is 0.0525. The molecule has 3 aromatic rings. The van der Waals surface area contributed by atoms with Gasteiger partial charge in [0.25, 0.3) is 0 Å². The predicted molar refractivity (Wildman–Crippen MR) is 116 cm³/mol. The molecule has 3 rings (SSSR count). The number of hydrogen-bond donors (Lipinski definition) is 0. The molecule has 3 aromatic carbocycles. The highest BCUT2D eigenvalue weighted by molar-refractivity contribution is 6.30. The molecule has 0 unspecified atom stereocenters. The SMILES string of the molecule is COc1ccc(C=CC(=O)c2cc(F)ccc2OC(=O)c2ccc(Cl)cc2)cc1OC. The fraction of sp³-hybridized carbons (Fsp3) is 0.0833. The average molecular weight is 441 g/mol. The molecule has 0 aliphatic rings. The van der Waals surface area contributed by atoms with Gasteiger partial charge in [-0.2, -0.15) is 0 Å². The van der Waals surface area contributed by atoms with Gasteiger partial charge in [0.15, 0.2) is 17.3 Å². The summed E-state index contributed by atoms with van der Waals surface area (Å²) in [6.45, 7) is 0. The average Bonchev–Trinajstić information content (AvgIpc) is 2.78. The van der Waals surface area contributed by atoms with Crippen molar-refractivity contribution >= 4 is 29.4 Å². The Morgan fingerprint density at radius 1 is 0.871 bits per heavy atom. The zero-order chi connectivity index (χ0) is 22.4. The molecule has 0 aliphatic carbocycles. The Morgan fingerprint density at radius 2 is 1.55 bits per heavy atom. The standard InChI is InChI=1S/C24H18ClFO5/c1-29-22-11-4-15(13-23(22)30-2)3-10-20(27)19-14-18(26)9-12-21(19)31-24(28)16-5-7-17(25)8-6-16/h3-14H,1-2H3. The minimum Gasteiger partial charge on any atom is -0.493 e. The van der Waals surface area contributed by atoms with Gasteiger partial charge in [-0.1, -0.05) is 23.7 Å². The first-order valence-corrected chi connectivity index (χ1v) is 9.51. The molecule has 0 N–H and O–H groups in total. The van der Waals surface area contributed by atoms with Gasteiger partial charge in [-0.25, -0.2) is 9.18 Å². The first-order valence-electron chi connectivity index (χ1n) is 9.13. The van der Waals surface area contributed by atoms with Gasteiger partial charge < -0.3 is 14.2 Å². The smallest absolute Gasteiger partial charge is 0.343 e. The summed E-state index contributed by atoms with van der Waals surface area (Å²) in [6, 6.07) is 14.6. The summed E-state index contributed by atoms with van der Waals surface area (Å²) in [7, 11) is 3.03. The molecule has 0 atom stereocenters. The Balaban J connectivity index is 1.84. The van der Waals surface area contributed by atoms with Crippen LogP contribution in [0.15, 0.2) is 66.7 Å². The van der Waals surface area contributed by atoms with Crippen LogP contribution in [0.4, 0.5) is 4.39 Å². The lowest BCUT2D eigenvalue weighted by atomic mass is 10.1. The number of allylic oxidation sites excluding steroid dienone is 1. The molecule has 0 aromatic heterocycles. The van der Waals surface area contributed by atoms with Crippen molar-refractivity contribution in [2.45, 2.75) is 0 Å². The quantitative estimate of drug-likeness (QED) is 0.207. The molecule has 0 radical (unpaired) electrons. The van der Waals surface area contributed by atoms with E-state index >= 15 is 0 Å². The van der Waals surface area contributed by atoms with Crippen LogP contribution in [0.5, 0.6) is 17.2 Å². The molecule has 158 valence electrons. The number of hydrogen-bond acceptors (Lipinski definition) is 5. The zero-order valence-corrected chi connectivity index (χ0v) is 17.5. The van der Waals surface area contributed by atoms with E-state index in [1.807, 2.05) is 0 Å². The monoisotopic (exact) mass is 440 g/mol. The van der Waals surface area contributed by atoms with Gasteiger partial charge in [-0.3, -0.25) is 4.79 Å². The second-order valence-electron chi connectivity index (χ2n) is 6.35. The van der Waals surface area contributed by atoms with E-state index in [4.69, 9.17) is 25.8 Å². The number of methoxy groups -OCH3 is 2. The highest BCUT2D eigenvalue weighted by atomic mass is 35.5. The van der Waals surface area contributed by atoms with Crippen LogP contribution in [0.3, 0.4) is 0 Å². The Hall–Kier alpha value is -3.64. The van der Waals surface area contributed by atoms with Crippen molar-refractivity contribution in [3.8, 4) is 17.2 Å². The van der Waals surface area contributed by atoms with Gasteiger partial charge in [0.1, 0.15) is 11.6 Å². The molecule has 0 spiro atoms. The molecule has 0 fully saturated rings. The fourth-order valence-electron chi connectivity index (χ4n) is 2.75. The third-order valence-electron chi connectivity index (χ3n) is 4.32. The highest BCUT2D eigenvalue weighted by Crippen LogP contribution is 2.28. The topological polar surface area (TPSA) is 61.8 Å². The number of ether oxygens (including phenoxy) is 3. The number of ketones is 1. The number of esters is 1. The van der Waals surface area contributed by atoms with Crippen molar-refractivity contribution in [3.05, 3.63) is 94.3 Å². The van der Waals surface area contributed by atoms with E-state index < -0.39 is 17.6 Å².